The van der Waals surface area contributed by atoms with Crippen molar-refractivity contribution in [3.8, 4) is 5.69 Å². The summed E-state index contributed by atoms with van der Waals surface area (Å²) in [5.74, 6) is -0.149. The lowest BCUT2D eigenvalue weighted by Gasteiger charge is -2.07. The van der Waals surface area contributed by atoms with Crippen LogP contribution in [0.3, 0.4) is 0 Å². The van der Waals surface area contributed by atoms with E-state index in [1.165, 1.54) is 6.07 Å². The molecule has 0 bridgehead atoms. The van der Waals surface area contributed by atoms with Gasteiger partial charge in [0, 0.05) is 0 Å². The lowest BCUT2D eigenvalue weighted by Crippen LogP contribution is -2.01. The van der Waals surface area contributed by atoms with Crippen LogP contribution in [0.15, 0.2) is 34.8 Å². The minimum absolute atomic E-state index is 0.236. The summed E-state index contributed by atoms with van der Waals surface area (Å²) >= 11 is 15.1. The number of nitrogens with zero attached hydrogens (tertiary/aromatic N) is 2. The Hall–Kier alpha value is -1.30. The molecule has 3 rings (SSSR count). The van der Waals surface area contributed by atoms with Crippen LogP contribution in [-0.4, -0.2) is 9.55 Å². The van der Waals surface area contributed by atoms with Crippen molar-refractivity contribution in [2.24, 2.45) is 0 Å². The van der Waals surface area contributed by atoms with E-state index in [0.29, 0.717) is 31.2 Å². The van der Waals surface area contributed by atoms with Crippen LogP contribution in [0.5, 0.6) is 0 Å². The van der Waals surface area contributed by atoms with Crippen molar-refractivity contribution < 1.29 is 4.39 Å². The van der Waals surface area contributed by atoms with Gasteiger partial charge in [-0.1, -0.05) is 23.2 Å². The summed E-state index contributed by atoms with van der Waals surface area (Å²) < 4.78 is 15.7. The van der Waals surface area contributed by atoms with Crippen LogP contribution >= 0.6 is 39.1 Å². The largest absolute Gasteiger partial charge is 0.369 e. The summed E-state index contributed by atoms with van der Waals surface area (Å²) in [5, 5.41) is 0.781. The number of nitrogens with two attached hydrogens (primary N) is 1. The zero-order chi connectivity index (χ0) is 14.4. The van der Waals surface area contributed by atoms with Gasteiger partial charge < -0.3 is 5.73 Å². The normalized spacial score (nSPS) is 11.2. The maximum Gasteiger partial charge on any atom is 0.205 e. The Kier molecular flexibility index (Phi) is 3.36. The first kappa shape index (κ1) is 13.7. The fraction of sp³-hybridized carbons (Fsp3) is 0. The molecule has 3 aromatic rings. The van der Waals surface area contributed by atoms with Crippen molar-refractivity contribution in [3.05, 3.63) is 50.7 Å². The summed E-state index contributed by atoms with van der Waals surface area (Å²) in [6, 6.07) is 7.98. The highest BCUT2D eigenvalue weighted by molar-refractivity contribution is 9.10. The van der Waals surface area contributed by atoms with Gasteiger partial charge in [0.25, 0.3) is 0 Å². The van der Waals surface area contributed by atoms with Crippen molar-refractivity contribution in [1.29, 1.82) is 0 Å². The minimum atomic E-state index is -0.385. The molecule has 0 saturated heterocycles. The highest BCUT2D eigenvalue weighted by atomic mass is 79.9. The number of rotatable bonds is 1. The molecule has 0 saturated carbocycles. The van der Waals surface area contributed by atoms with Crippen molar-refractivity contribution in [2.45, 2.75) is 0 Å². The summed E-state index contributed by atoms with van der Waals surface area (Å²) in [6.45, 7) is 0. The molecule has 2 N–H and O–H groups in total. The van der Waals surface area contributed by atoms with E-state index in [4.69, 9.17) is 28.9 Å². The van der Waals surface area contributed by atoms with E-state index in [1.54, 1.807) is 28.8 Å². The van der Waals surface area contributed by atoms with Gasteiger partial charge in [0.1, 0.15) is 5.82 Å². The average Bonchev–Trinajstić information content (AvgIpc) is 2.69. The van der Waals surface area contributed by atoms with E-state index >= 15 is 0 Å². The third-order valence-electron chi connectivity index (χ3n) is 2.88. The Labute approximate surface area is 132 Å². The number of halogens is 4. The molecular weight excluding hydrogens is 368 g/mol. The first-order valence-electron chi connectivity index (χ1n) is 5.56. The van der Waals surface area contributed by atoms with E-state index in [9.17, 15) is 4.39 Å². The molecule has 1 aromatic heterocycles. The number of aromatic nitrogens is 2. The van der Waals surface area contributed by atoms with Gasteiger partial charge in [-0.05, 0) is 46.3 Å². The number of fused-ring (bicyclic) bond motifs is 1. The monoisotopic (exact) mass is 373 g/mol. The van der Waals surface area contributed by atoms with Crippen molar-refractivity contribution in [1.82, 2.24) is 9.55 Å². The number of anilines is 1. The molecule has 3 nitrogen and oxygen atoms in total. The third-order valence-corrected chi connectivity index (χ3v) is 4.25. The van der Waals surface area contributed by atoms with Crippen LogP contribution in [0.1, 0.15) is 0 Å². The van der Waals surface area contributed by atoms with Gasteiger partial charge in [0.15, 0.2) is 0 Å². The molecule has 2 aromatic carbocycles. The van der Waals surface area contributed by atoms with Gasteiger partial charge >= 0.3 is 0 Å². The van der Waals surface area contributed by atoms with Crippen LogP contribution in [0.2, 0.25) is 10.0 Å². The van der Waals surface area contributed by atoms with Gasteiger partial charge in [-0.2, -0.15) is 0 Å². The van der Waals surface area contributed by atoms with Crippen LogP contribution < -0.4 is 5.73 Å². The predicted octanol–water partition coefficient (Wildman–Crippen LogP) is 4.82. The topological polar surface area (TPSA) is 43.8 Å². The van der Waals surface area contributed by atoms with Gasteiger partial charge in [0.05, 0.1) is 31.2 Å². The first-order valence-corrected chi connectivity index (χ1v) is 7.10. The second kappa shape index (κ2) is 4.91. The Morgan fingerprint density at radius 1 is 1.15 bits per heavy atom. The molecule has 0 atom stereocenters. The number of imidazole rings is 1. The second-order valence-electron chi connectivity index (χ2n) is 4.16. The smallest absolute Gasteiger partial charge is 0.205 e. The van der Waals surface area contributed by atoms with E-state index in [0.717, 1.165) is 0 Å². The van der Waals surface area contributed by atoms with Gasteiger partial charge in [-0.3, -0.25) is 4.57 Å². The van der Waals surface area contributed by atoms with E-state index in [2.05, 4.69) is 20.9 Å². The van der Waals surface area contributed by atoms with E-state index in [1.807, 2.05) is 0 Å². The Morgan fingerprint density at radius 3 is 2.55 bits per heavy atom. The molecule has 0 amide bonds. The van der Waals surface area contributed by atoms with Crippen molar-refractivity contribution >= 4 is 56.1 Å². The summed E-state index contributed by atoms with van der Waals surface area (Å²) in [4.78, 5) is 4.21. The minimum Gasteiger partial charge on any atom is -0.369 e. The fourth-order valence-corrected chi connectivity index (χ4v) is 2.55. The van der Waals surface area contributed by atoms with Gasteiger partial charge in [-0.25, -0.2) is 9.37 Å². The van der Waals surface area contributed by atoms with Crippen molar-refractivity contribution in [2.75, 3.05) is 5.73 Å². The van der Waals surface area contributed by atoms with Gasteiger partial charge in [-0.15, -0.1) is 0 Å². The molecule has 0 aliphatic carbocycles. The van der Waals surface area contributed by atoms with E-state index < -0.39 is 0 Å². The summed E-state index contributed by atoms with van der Waals surface area (Å²) in [7, 11) is 0. The first-order chi connectivity index (χ1) is 9.47. The molecule has 102 valence electrons. The van der Waals surface area contributed by atoms with E-state index in [-0.39, 0.29) is 11.8 Å². The Bertz CT molecular complexity index is 832. The SMILES string of the molecule is Nc1nc2cc(Cl)c(Cl)cc2n1-c1ccc(Br)c(F)c1. The number of hydrogen-bond donors (Lipinski definition) is 1. The highest BCUT2D eigenvalue weighted by Gasteiger charge is 2.13. The molecule has 1 heterocycles. The van der Waals surface area contributed by atoms with Crippen molar-refractivity contribution in [3.63, 3.8) is 0 Å². The number of nitrogen functional groups attached to an aromatic ring is 1. The molecule has 0 fully saturated rings. The zero-order valence-electron chi connectivity index (χ0n) is 9.87. The predicted molar refractivity (Wildman–Crippen MR) is 83.2 cm³/mol. The molecule has 0 radical (unpaired) electrons. The van der Waals surface area contributed by atoms with Gasteiger partial charge in [0.2, 0.25) is 5.95 Å². The average molecular weight is 375 g/mol. The lowest BCUT2D eigenvalue weighted by atomic mass is 10.2. The maximum absolute atomic E-state index is 13.7. The molecule has 0 unspecified atom stereocenters. The highest BCUT2D eigenvalue weighted by Crippen LogP contribution is 2.31. The van der Waals surface area contributed by atoms with Crippen LogP contribution in [0.4, 0.5) is 10.3 Å². The molecule has 7 heteroatoms. The molecule has 0 spiro atoms. The lowest BCUT2D eigenvalue weighted by molar-refractivity contribution is 0.620. The molecule has 0 aliphatic rings. The van der Waals surface area contributed by atoms with Crippen LogP contribution in [0.25, 0.3) is 16.7 Å². The summed E-state index contributed by atoms with van der Waals surface area (Å²) in [6.07, 6.45) is 0. The number of benzene rings is 2. The Balaban J connectivity index is 2.32. The third kappa shape index (κ3) is 2.16. The Morgan fingerprint density at radius 2 is 1.85 bits per heavy atom. The van der Waals surface area contributed by atoms with Crippen LogP contribution in [-0.2, 0) is 0 Å². The fourth-order valence-electron chi connectivity index (χ4n) is 1.99. The number of hydrogen-bond acceptors (Lipinski definition) is 2. The molecule has 20 heavy (non-hydrogen) atoms. The zero-order valence-corrected chi connectivity index (χ0v) is 13.0. The second-order valence-corrected chi connectivity index (χ2v) is 5.83. The van der Waals surface area contributed by atoms with Crippen LogP contribution in [0, 0.1) is 5.82 Å². The molecular formula is C13H7BrCl2FN3. The quantitative estimate of drug-likeness (QED) is 0.663. The standard InChI is InChI=1S/C13H7BrCl2FN3/c14-7-2-1-6(3-10(7)17)20-12-5-9(16)8(15)4-11(12)19-13(20)18/h1-5H,(H2,18,19). The maximum atomic E-state index is 13.7. The summed E-state index contributed by atoms with van der Waals surface area (Å²) in [5.41, 5.74) is 7.73. The molecule has 0 aliphatic heterocycles.